The molecule has 0 saturated carbocycles. The van der Waals surface area contributed by atoms with Crippen LogP contribution in [0.4, 0.5) is 0 Å². The minimum atomic E-state index is -5.55. The quantitative estimate of drug-likeness (QED) is 0.136. The molecule has 15 heteroatoms. The zero-order chi connectivity index (χ0) is 19.6. The van der Waals surface area contributed by atoms with E-state index in [1.165, 1.54) is 0 Å². The van der Waals surface area contributed by atoms with E-state index in [1.807, 2.05) is 0 Å². The lowest BCUT2D eigenvalue weighted by Gasteiger charge is -2.40. The third kappa shape index (κ3) is 5.05. The Morgan fingerprint density at radius 1 is 0.960 bits per heavy atom. The summed E-state index contributed by atoms with van der Waals surface area (Å²) in [5.74, 6) is 0. The highest BCUT2D eigenvalue weighted by Crippen LogP contribution is 2.69. The van der Waals surface area contributed by atoms with Crippen LogP contribution in [0.2, 0.25) is 0 Å². The first-order valence-corrected chi connectivity index (χ1v) is 10.4. The molecule has 1 aliphatic rings. The third-order valence-electron chi connectivity index (χ3n) is 3.86. The monoisotopic (exact) mass is 411 g/mol. The molecule has 150 valence electrons. The van der Waals surface area contributed by atoms with Crippen molar-refractivity contribution in [3.05, 3.63) is 0 Å². The smallest absolute Gasteiger partial charge is 0.369 e. The van der Waals surface area contributed by atoms with Gasteiger partial charge in [-0.3, -0.25) is 14.4 Å². The van der Waals surface area contributed by atoms with Gasteiger partial charge in [0.15, 0.2) is 0 Å². The number of rotatable bonds is 8. The number of hydrogen-bond donors (Lipinski definition) is 10. The first-order valence-electron chi connectivity index (χ1n) is 7.14. The van der Waals surface area contributed by atoms with E-state index in [-0.39, 0.29) is 13.0 Å². The zero-order valence-corrected chi connectivity index (χ0v) is 14.6. The van der Waals surface area contributed by atoms with Crippen molar-refractivity contribution < 1.29 is 59.0 Å². The van der Waals surface area contributed by atoms with Crippen LogP contribution in [0.1, 0.15) is 12.8 Å². The molecule has 13 nitrogen and oxygen atoms in total. The first-order chi connectivity index (χ1) is 11.3. The van der Waals surface area contributed by atoms with Crippen LogP contribution in [0, 0.1) is 0 Å². The fraction of sp³-hybridized carbons (Fsp3) is 1.00. The summed E-state index contributed by atoms with van der Waals surface area (Å²) in [5.41, 5.74) is 0. The van der Waals surface area contributed by atoms with E-state index in [0.29, 0.717) is 0 Å². The van der Waals surface area contributed by atoms with E-state index in [2.05, 4.69) is 5.32 Å². The lowest BCUT2D eigenvalue weighted by molar-refractivity contribution is -0.236. The van der Waals surface area contributed by atoms with Crippen molar-refractivity contribution in [3.63, 3.8) is 0 Å². The molecule has 0 aliphatic carbocycles. The Labute approximate surface area is 142 Å². The number of hydrogen-bond acceptors (Lipinski definition) is 9. The average Bonchev–Trinajstić information content (AvgIpc) is 2.48. The molecular weight excluding hydrogens is 388 g/mol. The lowest BCUT2D eigenvalue weighted by Crippen LogP contribution is -2.62. The molecule has 0 aromatic rings. The zero-order valence-electron chi connectivity index (χ0n) is 12.9. The maximum atomic E-state index is 11.2. The van der Waals surface area contributed by atoms with Crippen LogP contribution in [0.15, 0.2) is 0 Å². The topological polar surface area (TPSA) is 237 Å². The molecule has 5 atom stereocenters. The summed E-state index contributed by atoms with van der Waals surface area (Å²) in [6.45, 7) is -0.885. The maximum absolute atomic E-state index is 11.2. The van der Waals surface area contributed by atoms with Crippen LogP contribution in [0.25, 0.3) is 0 Å². The molecule has 0 radical (unpaired) electrons. The first kappa shape index (κ1) is 23.1. The normalized spacial score (nSPS) is 32.0. The van der Waals surface area contributed by atoms with Gasteiger partial charge in [0, 0.05) is 6.42 Å². The second-order valence-electron chi connectivity index (χ2n) is 5.67. The van der Waals surface area contributed by atoms with E-state index < -0.39 is 63.9 Å². The molecule has 1 rings (SSSR count). The van der Waals surface area contributed by atoms with Crippen molar-refractivity contribution in [2.24, 2.45) is 0 Å². The summed E-state index contributed by atoms with van der Waals surface area (Å²) in [5, 5.41) is 46.6. The number of aliphatic hydroxyl groups is 5. The van der Waals surface area contributed by atoms with Crippen LogP contribution >= 0.6 is 15.2 Å². The van der Waals surface area contributed by atoms with Gasteiger partial charge in [-0.15, -0.1) is 0 Å². The van der Waals surface area contributed by atoms with Gasteiger partial charge in [0.05, 0.1) is 6.61 Å². The minimum Gasteiger partial charge on any atom is -0.394 e. The van der Waals surface area contributed by atoms with Gasteiger partial charge in [-0.1, -0.05) is 0 Å². The Hall–Kier alpha value is 0.0200. The molecule has 0 amide bonds. The molecule has 1 heterocycles. The van der Waals surface area contributed by atoms with Crippen molar-refractivity contribution in [2.75, 3.05) is 13.2 Å². The molecule has 0 spiro atoms. The summed E-state index contributed by atoms with van der Waals surface area (Å²) in [6.07, 6.45) is -8.54. The van der Waals surface area contributed by atoms with Crippen molar-refractivity contribution in [2.45, 2.75) is 48.6 Å². The van der Waals surface area contributed by atoms with Crippen molar-refractivity contribution in [3.8, 4) is 0 Å². The summed E-state index contributed by atoms with van der Waals surface area (Å²) in [4.78, 5) is 36.0. The molecule has 1 aliphatic heterocycles. The van der Waals surface area contributed by atoms with E-state index in [4.69, 9.17) is 29.4 Å². The van der Waals surface area contributed by atoms with Gasteiger partial charge in [-0.05, 0) is 13.0 Å². The highest BCUT2D eigenvalue weighted by Gasteiger charge is 2.58. The second kappa shape index (κ2) is 8.36. The van der Waals surface area contributed by atoms with Crippen LogP contribution < -0.4 is 5.32 Å². The average molecular weight is 411 g/mol. The van der Waals surface area contributed by atoms with Gasteiger partial charge in [0.1, 0.15) is 30.6 Å². The van der Waals surface area contributed by atoms with E-state index >= 15 is 0 Å². The Morgan fingerprint density at radius 3 is 1.92 bits per heavy atom. The van der Waals surface area contributed by atoms with E-state index in [0.717, 1.165) is 0 Å². The fourth-order valence-corrected chi connectivity index (χ4v) is 4.56. The predicted molar refractivity (Wildman–Crippen MR) is 80.0 cm³/mol. The van der Waals surface area contributed by atoms with Crippen LogP contribution in [-0.4, -0.2) is 94.0 Å². The SMILES string of the molecule is O=P(O)(O)C(O)(CCCNC1O[C@H](CO)[C@@H](O)[C@H](O)[C@H]1O)P(=O)(O)O. The molecule has 0 aromatic carbocycles. The molecule has 1 saturated heterocycles. The highest BCUT2D eigenvalue weighted by molar-refractivity contribution is 7.72. The second-order valence-corrected chi connectivity index (χ2v) is 9.68. The maximum Gasteiger partial charge on any atom is 0.369 e. The summed E-state index contributed by atoms with van der Waals surface area (Å²) in [7, 11) is -11.1. The van der Waals surface area contributed by atoms with Gasteiger partial charge < -0.3 is 49.8 Å². The third-order valence-corrected chi connectivity index (χ3v) is 7.74. The van der Waals surface area contributed by atoms with Crippen molar-refractivity contribution in [1.82, 2.24) is 5.32 Å². The van der Waals surface area contributed by atoms with Crippen LogP contribution in [-0.2, 0) is 13.9 Å². The number of aliphatic hydroxyl groups excluding tert-OH is 4. The lowest BCUT2D eigenvalue weighted by atomic mass is 9.98. The largest absolute Gasteiger partial charge is 0.394 e. The van der Waals surface area contributed by atoms with Crippen LogP contribution in [0.3, 0.4) is 0 Å². The van der Waals surface area contributed by atoms with Crippen LogP contribution in [0.5, 0.6) is 0 Å². The van der Waals surface area contributed by atoms with Gasteiger partial charge in [0.2, 0.25) is 0 Å². The van der Waals surface area contributed by atoms with Gasteiger partial charge in [-0.2, -0.15) is 0 Å². The van der Waals surface area contributed by atoms with Crippen molar-refractivity contribution >= 4 is 15.2 Å². The van der Waals surface area contributed by atoms with Gasteiger partial charge >= 0.3 is 15.2 Å². The standard InChI is InChI=1S/C10H23NO12P2/c12-4-5-6(13)7(14)8(15)9(23-5)11-3-1-2-10(16,24(17,18)19)25(20,21)22/h5-9,11-16H,1-4H2,(H2,17,18,19)(H2,20,21,22)/t5-,6-,7+,8-,9?/m1/s1. The Morgan fingerprint density at radius 2 is 1.48 bits per heavy atom. The molecule has 1 unspecified atom stereocenters. The predicted octanol–water partition coefficient (Wildman–Crippen LogP) is -3.84. The van der Waals surface area contributed by atoms with Gasteiger partial charge in [-0.25, -0.2) is 0 Å². The molecule has 0 aromatic heterocycles. The minimum absolute atomic E-state index is 0.231. The summed E-state index contributed by atoms with van der Waals surface area (Å²) < 4.78 is 27.5. The Bertz CT molecular complexity index is 510. The molecular formula is C10H23NO12P2. The van der Waals surface area contributed by atoms with E-state index in [9.17, 15) is 29.6 Å². The fourth-order valence-electron chi connectivity index (χ4n) is 2.30. The van der Waals surface area contributed by atoms with E-state index in [1.54, 1.807) is 0 Å². The summed E-state index contributed by atoms with van der Waals surface area (Å²) in [6, 6.07) is 0. The Kier molecular flexibility index (Phi) is 7.71. The van der Waals surface area contributed by atoms with Gasteiger partial charge in [0.25, 0.3) is 5.08 Å². The molecule has 1 fully saturated rings. The molecule has 25 heavy (non-hydrogen) atoms. The number of nitrogens with one attached hydrogen (secondary N) is 1. The number of ether oxygens (including phenoxy) is 1. The van der Waals surface area contributed by atoms with Crippen molar-refractivity contribution in [1.29, 1.82) is 0 Å². The highest BCUT2D eigenvalue weighted by atomic mass is 31.2. The molecule has 0 bridgehead atoms. The molecule has 10 N–H and O–H groups in total. The summed E-state index contributed by atoms with van der Waals surface area (Å²) >= 11 is 0. The Balaban J connectivity index is 2.65.